The molecule has 3 rings (SSSR count). The van der Waals surface area contributed by atoms with Crippen molar-refractivity contribution in [1.82, 2.24) is 9.97 Å². The average Bonchev–Trinajstić information content (AvgIpc) is 2.89. The molecule has 2 aromatic heterocycles. The van der Waals surface area contributed by atoms with Crippen molar-refractivity contribution >= 4 is 38.4 Å². The van der Waals surface area contributed by atoms with Crippen LogP contribution in [0.25, 0.3) is 10.9 Å². The zero-order chi connectivity index (χ0) is 15.5. The number of pyridine rings is 1. The van der Waals surface area contributed by atoms with Crippen molar-refractivity contribution in [2.75, 3.05) is 5.73 Å². The second-order valence-electron chi connectivity index (χ2n) is 4.10. The summed E-state index contributed by atoms with van der Waals surface area (Å²) in [6, 6.07) is 9.57. The van der Waals surface area contributed by atoms with E-state index in [1.807, 2.05) is 6.07 Å². The van der Waals surface area contributed by atoms with Crippen LogP contribution < -0.4 is 5.73 Å². The molecule has 0 amide bonds. The van der Waals surface area contributed by atoms with Crippen molar-refractivity contribution < 1.29 is 13.0 Å². The molecule has 3 aromatic rings. The molecule has 1 aromatic carbocycles. The lowest BCUT2D eigenvalue weighted by Crippen LogP contribution is -1.96. The fourth-order valence-corrected chi connectivity index (χ4v) is 2.19. The Morgan fingerprint density at radius 1 is 1.19 bits per heavy atom. The molecule has 0 bridgehead atoms. The fourth-order valence-electron chi connectivity index (χ4n) is 1.57. The number of benzene rings is 1. The molecule has 0 spiro atoms. The second-order valence-corrected chi connectivity index (χ2v) is 5.96. The maximum atomic E-state index is 10.7. The summed E-state index contributed by atoms with van der Waals surface area (Å²) in [5.41, 5.74) is 5.95. The number of anilines is 1. The maximum absolute atomic E-state index is 10.7. The van der Waals surface area contributed by atoms with Crippen LogP contribution in [0.15, 0.2) is 53.7 Å². The Bertz CT molecular complexity index is 823. The molecule has 0 radical (unpaired) electrons. The smallest absolute Gasteiger partial charge is 0.294 e. The van der Waals surface area contributed by atoms with Crippen LogP contribution in [-0.2, 0) is 10.1 Å². The van der Waals surface area contributed by atoms with Gasteiger partial charge in [-0.25, -0.2) is 4.98 Å². The summed E-state index contributed by atoms with van der Waals surface area (Å²) < 4.78 is 30.2. The van der Waals surface area contributed by atoms with Gasteiger partial charge in [0, 0.05) is 17.9 Å². The number of halogens is 1. The van der Waals surface area contributed by atoms with E-state index in [4.69, 9.17) is 21.9 Å². The summed E-state index contributed by atoms with van der Waals surface area (Å²) >= 11 is 5.49. The largest absolute Gasteiger partial charge is 0.384 e. The summed E-state index contributed by atoms with van der Waals surface area (Å²) in [6.45, 7) is 0. The number of nitrogens with two attached hydrogens (primary N) is 1. The molecule has 4 N–H and O–H groups in total. The molecule has 6 nitrogen and oxygen atoms in total. The molecule has 0 saturated heterocycles. The zero-order valence-electron chi connectivity index (χ0n) is 10.7. The van der Waals surface area contributed by atoms with Crippen LogP contribution in [0.2, 0.25) is 5.02 Å². The Kier molecular flexibility index (Phi) is 4.46. The first kappa shape index (κ1) is 15.3. The normalized spacial score (nSPS) is 11.0. The average molecular weight is 326 g/mol. The van der Waals surface area contributed by atoms with Crippen molar-refractivity contribution in [1.29, 1.82) is 0 Å². The number of H-pyrrole nitrogens is 1. The van der Waals surface area contributed by atoms with E-state index in [-0.39, 0.29) is 4.90 Å². The van der Waals surface area contributed by atoms with Gasteiger partial charge in [-0.2, -0.15) is 8.42 Å². The van der Waals surface area contributed by atoms with Crippen LogP contribution in [0.1, 0.15) is 0 Å². The van der Waals surface area contributed by atoms with Gasteiger partial charge in [-0.3, -0.25) is 4.55 Å². The fraction of sp³-hybridized carbons (Fsp3) is 0. The van der Waals surface area contributed by atoms with Crippen molar-refractivity contribution in [3.05, 3.63) is 53.8 Å². The van der Waals surface area contributed by atoms with E-state index in [1.165, 1.54) is 18.3 Å². The number of hydrogen-bond acceptors (Lipinski definition) is 4. The van der Waals surface area contributed by atoms with Gasteiger partial charge in [0.1, 0.15) is 5.82 Å². The van der Waals surface area contributed by atoms with E-state index in [9.17, 15) is 8.42 Å². The van der Waals surface area contributed by atoms with Gasteiger partial charge in [-0.1, -0.05) is 17.7 Å². The third kappa shape index (κ3) is 4.19. The van der Waals surface area contributed by atoms with Crippen LogP contribution in [-0.4, -0.2) is 22.9 Å². The van der Waals surface area contributed by atoms with Gasteiger partial charge in [0.2, 0.25) is 0 Å². The van der Waals surface area contributed by atoms with E-state index in [1.54, 1.807) is 24.4 Å². The van der Waals surface area contributed by atoms with Gasteiger partial charge in [-0.05, 0) is 35.7 Å². The van der Waals surface area contributed by atoms with Crippen LogP contribution in [0.4, 0.5) is 5.82 Å². The van der Waals surface area contributed by atoms with Gasteiger partial charge in [0.05, 0.1) is 9.92 Å². The number of rotatable bonds is 1. The van der Waals surface area contributed by atoms with Crippen LogP contribution in [0.3, 0.4) is 0 Å². The number of nitrogens with one attached hydrogen (secondary N) is 1. The number of nitrogens with zero attached hydrogens (tertiary/aromatic N) is 1. The van der Waals surface area contributed by atoms with E-state index in [2.05, 4.69) is 9.97 Å². The number of aromatic amines is 1. The Labute approximate surface area is 126 Å². The lowest BCUT2D eigenvalue weighted by Gasteiger charge is -1.95. The highest BCUT2D eigenvalue weighted by Gasteiger charge is 2.09. The SMILES string of the molecule is Nc1ccc(Cl)cn1.O=S(=O)(O)c1ccc2cc[nH]c2c1. The summed E-state index contributed by atoms with van der Waals surface area (Å²) in [5, 5.41) is 1.52. The van der Waals surface area contributed by atoms with Crippen LogP contribution in [0, 0.1) is 0 Å². The molecule has 0 saturated carbocycles. The van der Waals surface area contributed by atoms with Crippen LogP contribution >= 0.6 is 11.6 Å². The highest BCUT2D eigenvalue weighted by Crippen LogP contribution is 2.17. The summed E-state index contributed by atoms with van der Waals surface area (Å²) in [7, 11) is -4.09. The minimum absolute atomic E-state index is 0.0950. The number of fused-ring (bicyclic) bond motifs is 1. The lowest BCUT2D eigenvalue weighted by molar-refractivity contribution is 0.483. The molecule has 0 aliphatic heterocycles. The third-order valence-electron chi connectivity index (χ3n) is 2.57. The lowest BCUT2D eigenvalue weighted by atomic mass is 10.2. The highest BCUT2D eigenvalue weighted by atomic mass is 35.5. The topological polar surface area (TPSA) is 109 Å². The zero-order valence-corrected chi connectivity index (χ0v) is 12.3. The molecular formula is C13H12ClN3O3S. The molecule has 2 heterocycles. The first-order valence-corrected chi connectivity index (χ1v) is 7.60. The standard InChI is InChI=1S/C8H7NO3S.C5H5ClN2/c10-13(11,12)7-2-1-6-3-4-9-8(6)5-7;6-4-1-2-5(7)8-3-4/h1-5,9H,(H,10,11,12);1-3H,(H2,7,8). The Morgan fingerprint density at radius 2 is 1.95 bits per heavy atom. The summed E-state index contributed by atoms with van der Waals surface area (Å²) in [4.78, 5) is 6.49. The Hall–Kier alpha value is -2.09. The molecule has 0 fully saturated rings. The molecule has 0 atom stereocenters. The minimum Gasteiger partial charge on any atom is -0.384 e. The second kappa shape index (κ2) is 6.13. The van der Waals surface area contributed by atoms with E-state index in [0.717, 1.165) is 5.39 Å². The van der Waals surface area contributed by atoms with Gasteiger partial charge in [0.25, 0.3) is 10.1 Å². The Balaban J connectivity index is 0.000000173. The summed E-state index contributed by atoms with van der Waals surface area (Å²) in [6.07, 6.45) is 3.22. The van der Waals surface area contributed by atoms with Gasteiger partial charge >= 0.3 is 0 Å². The van der Waals surface area contributed by atoms with Crippen molar-refractivity contribution in [2.45, 2.75) is 4.90 Å². The highest BCUT2D eigenvalue weighted by molar-refractivity contribution is 7.85. The Morgan fingerprint density at radius 3 is 2.52 bits per heavy atom. The van der Waals surface area contributed by atoms with Crippen molar-refractivity contribution in [3.8, 4) is 0 Å². The van der Waals surface area contributed by atoms with Crippen molar-refractivity contribution in [2.24, 2.45) is 0 Å². The molecule has 0 aliphatic rings. The van der Waals surface area contributed by atoms with Gasteiger partial charge in [-0.15, -0.1) is 0 Å². The molecule has 8 heteroatoms. The van der Waals surface area contributed by atoms with E-state index in [0.29, 0.717) is 16.4 Å². The third-order valence-corrected chi connectivity index (χ3v) is 3.65. The minimum atomic E-state index is -4.09. The first-order chi connectivity index (χ1) is 9.86. The quantitative estimate of drug-likeness (QED) is 0.596. The number of hydrogen-bond donors (Lipinski definition) is 3. The first-order valence-electron chi connectivity index (χ1n) is 5.78. The molecular weight excluding hydrogens is 314 g/mol. The van der Waals surface area contributed by atoms with Crippen LogP contribution in [0.5, 0.6) is 0 Å². The molecule has 110 valence electrons. The number of aromatic nitrogens is 2. The predicted octanol–water partition coefficient (Wildman–Crippen LogP) is 2.73. The van der Waals surface area contributed by atoms with E-state index >= 15 is 0 Å². The maximum Gasteiger partial charge on any atom is 0.294 e. The van der Waals surface area contributed by atoms with Crippen molar-refractivity contribution in [3.63, 3.8) is 0 Å². The number of nitrogen functional groups attached to an aromatic ring is 1. The molecule has 0 unspecified atom stereocenters. The van der Waals surface area contributed by atoms with Gasteiger partial charge < -0.3 is 10.7 Å². The monoisotopic (exact) mass is 325 g/mol. The van der Waals surface area contributed by atoms with E-state index < -0.39 is 10.1 Å². The predicted molar refractivity (Wildman–Crippen MR) is 81.8 cm³/mol. The molecule has 0 aliphatic carbocycles. The summed E-state index contributed by atoms with van der Waals surface area (Å²) in [5.74, 6) is 0.495. The van der Waals surface area contributed by atoms with Gasteiger partial charge in [0.15, 0.2) is 0 Å². The molecule has 21 heavy (non-hydrogen) atoms.